The van der Waals surface area contributed by atoms with Crippen molar-refractivity contribution >= 4 is 0 Å². The van der Waals surface area contributed by atoms with Gasteiger partial charge in [-0.05, 0) is 47.7 Å². The molecule has 3 rings (SSSR count). The topological polar surface area (TPSA) is 97.6 Å². The third-order valence-corrected chi connectivity index (χ3v) is 5.26. The van der Waals surface area contributed by atoms with Gasteiger partial charge in [0.25, 0.3) is 0 Å². The van der Waals surface area contributed by atoms with Crippen molar-refractivity contribution in [1.82, 2.24) is 0 Å². The molecule has 0 amide bonds. The summed E-state index contributed by atoms with van der Waals surface area (Å²) >= 11 is 0. The second-order valence-corrected chi connectivity index (χ2v) is 6.84. The largest absolute Gasteiger partial charge is 0.504 e. The number of phenols is 2. The van der Waals surface area contributed by atoms with Crippen LogP contribution in [-0.4, -0.2) is 49.9 Å². The standard InChI is InChI=1S/C21H26O7/c1-25-17-9-13(4-5-16(17)23)21-15(10-22)14(11-28-21)6-12-7-18(26-2)20(24)19(8-12)27-3/h4-5,7-9,14-15,21-24H,6,10-11H2,1-3H3. The van der Waals surface area contributed by atoms with Crippen molar-refractivity contribution in [2.45, 2.75) is 12.5 Å². The first-order chi connectivity index (χ1) is 13.5. The highest BCUT2D eigenvalue weighted by atomic mass is 16.5. The summed E-state index contributed by atoms with van der Waals surface area (Å²) in [6, 6.07) is 8.61. The van der Waals surface area contributed by atoms with Crippen LogP contribution in [0.5, 0.6) is 28.7 Å². The van der Waals surface area contributed by atoms with Gasteiger partial charge in [0.2, 0.25) is 5.75 Å². The van der Waals surface area contributed by atoms with Crippen LogP contribution in [0.25, 0.3) is 0 Å². The van der Waals surface area contributed by atoms with Crippen LogP contribution in [0.1, 0.15) is 17.2 Å². The molecule has 3 unspecified atom stereocenters. The number of hydrogen-bond donors (Lipinski definition) is 3. The Morgan fingerprint density at radius 3 is 2.18 bits per heavy atom. The maximum Gasteiger partial charge on any atom is 0.200 e. The van der Waals surface area contributed by atoms with E-state index in [1.807, 2.05) is 0 Å². The molecule has 3 N–H and O–H groups in total. The van der Waals surface area contributed by atoms with Crippen LogP contribution in [0.4, 0.5) is 0 Å². The van der Waals surface area contributed by atoms with Crippen LogP contribution in [0.3, 0.4) is 0 Å². The van der Waals surface area contributed by atoms with E-state index in [1.54, 1.807) is 30.3 Å². The van der Waals surface area contributed by atoms with Crippen LogP contribution < -0.4 is 14.2 Å². The van der Waals surface area contributed by atoms with Gasteiger partial charge in [-0.2, -0.15) is 0 Å². The number of phenolic OH excluding ortho intramolecular Hbond substituents is 2. The molecule has 152 valence electrons. The number of benzene rings is 2. The van der Waals surface area contributed by atoms with Crippen LogP contribution in [-0.2, 0) is 11.2 Å². The van der Waals surface area contributed by atoms with Gasteiger partial charge in [-0.15, -0.1) is 0 Å². The molecule has 2 aromatic rings. The van der Waals surface area contributed by atoms with Crippen molar-refractivity contribution in [3.05, 3.63) is 41.5 Å². The smallest absolute Gasteiger partial charge is 0.200 e. The fraction of sp³-hybridized carbons (Fsp3) is 0.429. The second-order valence-electron chi connectivity index (χ2n) is 6.84. The first-order valence-electron chi connectivity index (χ1n) is 9.05. The van der Waals surface area contributed by atoms with Gasteiger partial charge < -0.3 is 34.3 Å². The Morgan fingerprint density at radius 1 is 0.964 bits per heavy atom. The lowest BCUT2D eigenvalue weighted by molar-refractivity contribution is 0.0717. The van der Waals surface area contributed by atoms with E-state index in [4.69, 9.17) is 18.9 Å². The van der Waals surface area contributed by atoms with Gasteiger partial charge in [0, 0.05) is 12.5 Å². The molecule has 28 heavy (non-hydrogen) atoms. The number of hydrogen-bond acceptors (Lipinski definition) is 7. The Kier molecular flexibility index (Phi) is 6.16. The zero-order valence-electron chi connectivity index (χ0n) is 16.2. The van der Waals surface area contributed by atoms with Crippen LogP contribution in [0.2, 0.25) is 0 Å². The van der Waals surface area contributed by atoms with Crippen molar-refractivity contribution in [2.75, 3.05) is 34.5 Å². The lowest BCUT2D eigenvalue weighted by Gasteiger charge is -2.22. The average Bonchev–Trinajstić information content (AvgIpc) is 3.11. The molecule has 0 spiro atoms. The Balaban J connectivity index is 1.83. The van der Waals surface area contributed by atoms with Crippen molar-refractivity contribution in [3.8, 4) is 28.7 Å². The number of rotatable bonds is 7. The van der Waals surface area contributed by atoms with E-state index in [0.29, 0.717) is 30.3 Å². The van der Waals surface area contributed by atoms with Crippen LogP contribution >= 0.6 is 0 Å². The molecular formula is C21H26O7. The molecule has 0 bridgehead atoms. The molecule has 1 aliphatic rings. The Hall–Kier alpha value is -2.64. The predicted octanol–water partition coefficient (Wildman–Crippen LogP) is 2.66. The quantitative estimate of drug-likeness (QED) is 0.669. The molecule has 2 aromatic carbocycles. The SMILES string of the molecule is COc1cc(C2OCC(Cc3cc(OC)c(O)c(OC)c3)C2CO)ccc1O. The molecule has 7 nitrogen and oxygen atoms in total. The average molecular weight is 390 g/mol. The molecule has 0 saturated carbocycles. The second kappa shape index (κ2) is 8.58. The first kappa shape index (κ1) is 20.1. The van der Waals surface area contributed by atoms with E-state index >= 15 is 0 Å². The van der Waals surface area contributed by atoms with E-state index in [9.17, 15) is 15.3 Å². The Bertz CT molecular complexity index is 795. The molecular weight excluding hydrogens is 364 g/mol. The van der Waals surface area contributed by atoms with Gasteiger partial charge in [0.05, 0.1) is 34.0 Å². The van der Waals surface area contributed by atoms with Gasteiger partial charge in [0.1, 0.15) is 0 Å². The number of aromatic hydroxyl groups is 2. The number of aliphatic hydroxyl groups excluding tert-OH is 1. The van der Waals surface area contributed by atoms with Crippen molar-refractivity contribution in [2.24, 2.45) is 11.8 Å². The molecule has 7 heteroatoms. The molecule has 0 aliphatic carbocycles. The lowest BCUT2D eigenvalue weighted by Crippen LogP contribution is -2.21. The maximum absolute atomic E-state index is 10.1. The monoisotopic (exact) mass is 390 g/mol. The molecule has 1 fully saturated rings. The van der Waals surface area contributed by atoms with Gasteiger partial charge in [0.15, 0.2) is 23.0 Å². The molecule has 1 heterocycles. The van der Waals surface area contributed by atoms with Gasteiger partial charge in [-0.25, -0.2) is 0 Å². The summed E-state index contributed by atoms with van der Waals surface area (Å²) in [6.07, 6.45) is 0.328. The predicted molar refractivity (Wildman–Crippen MR) is 102 cm³/mol. The summed E-state index contributed by atoms with van der Waals surface area (Å²) in [5, 5.41) is 29.9. The van der Waals surface area contributed by atoms with Gasteiger partial charge >= 0.3 is 0 Å². The van der Waals surface area contributed by atoms with E-state index in [1.165, 1.54) is 21.3 Å². The highest BCUT2D eigenvalue weighted by Crippen LogP contribution is 2.43. The summed E-state index contributed by atoms with van der Waals surface area (Å²) in [7, 11) is 4.47. The number of ether oxygens (including phenoxy) is 4. The fourth-order valence-corrected chi connectivity index (χ4v) is 3.76. The molecule has 0 radical (unpaired) electrons. The summed E-state index contributed by atoms with van der Waals surface area (Å²) in [6.45, 7) is 0.440. The van der Waals surface area contributed by atoms with Crippen LogP contribution in [0.15, 0.2) is 30.3 Å². The maximum atomic E-state index is 10.1. The minimum Gasteiger partial charge on any atom is -0.504 e. The molecule has 0 aromatic heterocycles. The van der Waals surface area contributed by atoms with Crippen molar-refractivity contribution in [3.63, 3.8) is 0 Å². The highest BCUT2D eigenvalue weighted by Gasteiger charge is 2.38. The lowest BCUT2D eigenvalue weighted by atomic mass is 9.84. The van der Waals surface area contributed by atoms with E-state index < -0.39 is 0 Å². The van der Waals surface area contributed by atoms with Crippen LogP contribution in [0, 0.1) is 11.8 Å². The van der Waals surface area contributed by atoms with E-state index in [-0.39, 0.29) is 36.0 Å². The van der Waals surface area contributed by atoms with Crippen molar-refractivity contribution in [1.29, 1.82) is 0 Å². The first-order valence-corrected chi connectivity index (χ1v) is 9.05. The molecule has 1 aliphatic heterocycles. The summed E-state index contributed by atoms with van der Waals surface area (Å²) in [5.74, 6) is 1.01. The molecule has 1 saturated heterocycles. The van der Waals surface area contributed by atoms with Gasteiger partial charge in [-0.1, -0.05) is 6.07 Å². The van der Waals surface area contributed by atoms with E-state index in [2.05, 4.69) is 0 Å². The minimum absolute atomic E-state index is 0.0368. The summed E-state index contributed by atoms with van der Waals surface area (Å²) in [4.78, 5) is 0. The summed E-state index contributed by atoms with van der Waals surface area (Å²) < 4.78 is 21.6. The Morgan fingerprint density at radius 2 is 1.61 bits per heavy atom. The van der Waals surface area contributed by atoms with Gasteiger partial charge in [-0.3, -0.25) is 0 Å². The highest BCUT2D eigenvalue weighted by molar-refractivity contribution is 5.53. The third kappa shape index (κ3) is 3.81. The van der Waals surface area contributed by atoms with E-state index in [0.717, 1.165) is 11.1 Å². The number of aliphatic hydroxyl groups is 1. The minimum atomic E-state index is -0.301. The zero-order valence-corrected chi connectivity index (χ0v) is 16.2. The Labute approximate surface area is 164 Å². The number of methoxy groups -OCH3 is 3. The fourth-order valence-electron chi connectivity index (χ4n) is 3.76. The molecule has 3 atom stereocenters. The van der Waals surface area contributed by atoms with Crippen molar-refractivity contribution < 1.29 is 34.3 Å². The third-order valence-electron chi connectivity index (χ3n) is 5.26. The normalized spacial score (nSPS) is 21.5. The zero-order chi connectivity index (χ0) is 20.3. The summed E-state index contributed by atoms with van der Waals surface area (Å²) in [5.41, 5.74) is 1.76.